The third-order valence-corrected chi connectivity index (χ3v) is 1.95. The molecule has 2 N–H and O–H groups in total. The lowest BCUT2D eigenvalue weighted by atomic mass is 10.1. The summed E-state index contributed by atoms with van der Waals surface area (Å²) in [5.74, 6) is -0.849. The predicted octanol–water partition coefficient (Wildman–Crippen LogP) is 1.80. The van der Waals surface area contributed by atoms with Crippen LogP contribution in [0.1, 0.15) is 11.1 Å². The number of nitrogens with one attached hydrogen (secondary N) is 1. The molecular formula is C10H13NO2. The molecule has 0 saturated heterocycles. The van der Waals surface area contributed by atoms with Crippen molar-refractivity contribution < 1.29 is 9.90 Å². The van der Waals surface area contributed by atoms with E-state index in [0.29, 0.717) is 0 Å². The standard InChI is InChI=1S/C10H13NO2/c1-7-3-4-9(5-8(7)2)11-6-10(12)13/h3-5,11H,6H2,1-2H3,(H,12,13). The Bertz CT molecular complexity index is 321. The topological polar surface area (TPSA) is 49.3 Å². The number of aliphatic carboxylic acids is 1. The Morgan fingerprint density at radius 1 is 1.38 bits per heavy atom. The van der Waals surface area contributed by atoms with E-state index in [-0.39, 0.29) is 6.54 Å². The van der Waals surface area contributed by atoms with Gasteiger partial charge in [0.05, 0.1) is 0 Å². The van der Waals surface area contributed by atoms with Crippen LogP contribution < -0.4 is 5.32 Å². The summed E-state index contributed by atoms with van der Waals surface area (Å²) in [5, 5.41) is 11.2. The van der Waals surface area contributed by atoms with Gasteiger partial charge >= 0.3 is 5.97 Å². The Labute approximate surface area is 77.4 Å². The second kappa shape index (κ2) is 3.94. The van der Waals surface area contributed by atoms with Gasteiger partial charge in [-0.2, -0.15) is 0 Å². The number of carboxylic acid groups (broad SMARTS) is 1. The summed E-state index contributed by atoms with van der Waals surface area (Å²) in [5.41, 5.74) is 3.22. The van der Waals surface area contributed by atoms with E-state index in [2.05, 4.69) is 5.32 Å². The average Bonchev–Trinajstić information content (AvgIpc) is 2.07. The van der Waals surface area contributed by atoms with E-state index in [1.165, 1.54) is 5.56 Å². The van der Waals surface area contributed by atoms with Gasteiger partial charge in [0, 0.05) is 5.69 Å². The number of carboxylic acids is 1. The quantitative estimate of drug-likeness (QED) is 0.743. The van der Waals surface area contributed by atoms with Crippen molar-refractivity contribution in [2.24, 2.45) is 0 Å². The molecule has 1 aromatic carbocycles. The van der Waals surface area contributed by atoms with Gasteiger partial charge in [0.25, 0.3) is 0 Å². The molecule has 1 rings (SSSR count). The zero-order valence-electron chi connectivity index (χ0n) is 7.79. The Balaban J connectivity index is 2.68. The van der Waals surface area contributed by atoms with E-state index in [4.69, 9.17) is 5.11 Å². The fourth-order valence-corrected chi connectivity index (χ4v) is 1.03. The molecule has 0 aliphatic heterocycles. The van der Waals surface area contributed by atoms with Crippen molar-refractivity contribution in [2.75, 3.05) is 11.9 Å². The van der Waals surface area contributed by atoms with Gasteiger partial charge in [-0.15, -0.1) is 0 Å². The minimum atomic E-state index is -0.849. The van der Waals surface area contributed by atoms with Crippen LogP contribution in [0, 0.1) is 13.8 Å². The summed E-state index contributed by atoms with van der Waals surface area (Å²) in [6, 6.07) is 5.79. The highest BCUT2D eigenvalue weighted by molar-refractivity contribution is 5.72. The largest absolute Gasteiger partial charge is 0.480 e. The molecule has 0 spiro atoms. The molecule has 1 aromatic rings. The van der Waals surface area contributed by atoms with Gasteiger partial charge in [0.2, 0.25) is 0 Å². The minimum Gasteiger partial charge on any atom is -0.480 e. The van der Waals surface area contributed by atoms with E-state index < -0.39 is 5.97 Å². The number of anilines is 1. The number of hydrogen-bond donors (Lipinski definition) is 2. The van der Waals surface area contributed by atoms with Crippen molar-refractivity contribution in [3.63, 3.8) is 0 Å². The first-order valence-electron chi connectivity index (χ1n) is 4.12. The number of aryl methyl sites for hydroxylation is 2. The Morgan fingerprint density at radius 3 is 2.62 bits per heavy atom. The minimum absolute atomic E-state index is 0.0392. The highest BCUT2D eigenvalue weighted by Gasteiger charge is 1.98. The second-order valence-electron chi connectivity index (χ2n) is 3.05. The van der Waals surface area contributed by atoms with Crippen molar-refractivity contribution in [2.45, 2.75) is 13.8 Å². The molecule has 3 nitrogen and oxygen atoms in total. The normalized spacial score (nSPS) is 9.69. The molecule has 0 aromatic heterocycles. The number of hydrogen-bond acceptors (Lipinski definition) is 2. The third kappa shape index (κ3) is 2.78. The summed E-state index contributed by atoms with van der Waals surface area (Å²) >= 11 is 0. The predicted molar refractivity (Wildman–Crippen MR) is 52.0 cm³/mol. The maximum atomic E-state index is 10.3. The van der Waals surface area contributed by atoms with Crippen molar-refractivity contribution >= 4 is 11.7 Å². The molecule has 0 atom stereocenters. The molecule has 0 aliphatic carbocycles. The van der Waals surface area contributed by atoms with Crippen LogP contribution in [-0.4, -0.2) is 17.6 Å². The van der Waals surface area contributed by atoms with Crippen molar-refractivity contribution in [1.29, 1.82) is 0 Å². The monoisotopic (exact) mass is 179 g/mol. The number of carbonyl (C=O) groups is 1. The summed E-state index contributed by atoms with van der Waals surface area (Å²) in [6.45, 7) is 3.99. The summed E-state index contributed by atoms with van der Waals surface area (Å²) < 4.78 is 0. The number of rotatable bonds is 3. The Kier molecular flexibility index (Phi) is 2.90. The molecule has 0 bridgehead atoms. The first kappa shape index (κ1) is 9.58. The van der Waals surface area contributed by atoms with E-state index in [0.717, 1.165) is 11.3 Å². The van der Waals surface area contributed by atoms with Crippen LogP contribution in [0.4, 0.5) is 5.69 Å². The zero-order valence-corrected chi connectivity index (χ0v) is 7.79. The molecule has 0 heterocycles. The Morgan fingerprint density at radius 2 is 2.08 bits per heavy atom. The van der Waals surface area contributed by atoms with Gasteiger partial charge in [-0.1, -0.05) is 6.07 Å². The van der Waals surface area contributed by atoms with Crippen molar-refractivity contribution in [1.82, 2.24) is 0 Å². The molecular weight excluding hydrogens is 166 g/mol. The smallest absolute Gasteiger partial charge is 0.322 e. The molecule has 70 valence electrons. The van der Waals surface area contributed by atoms with Gasteiger partial charge in [-0.3, -0.25) is 4.79 Å². The van der Waals surface area contributed by atoms with Gasteiger partial charge in [0.1, 0.15) is 6.54 Å². The highest BCUT2D eigenvalue weighted by atomic mass is 16.4. The van der Waals surface area contributed by atoms with Crippen LogP contribution in [0.25, 0.3) is 0 Å². The first-order chi connectivity index (χ1) is 6.09. The molecule has 0 unspecified atom stereocenters. The second-order valence-corrected chi connectivity index (χ2v) is 3.05. The maximum absolute atomic E-state index is 10.3. The van der Waals surface area contributed by atoms with Crippen LogP contribution in [0.3, 0.4) is 0 Å². The van der Waals surface area contributed by atoms with E-state index in [1.807, 2.05) is 32.0 Å². The van der Waals surface area contributed by atoms with Crippen LogP contribution in [0.15, 0.2) is 18.2 Å². The van der Waals surface area contributed by atoms with Gasteiger partial charge < -0.3 is 10.4 Å². The lowest BCUT2D eigenvalue weighted by Crippen LogP contribution is -2.12. The van der Waals surface area contributed by atoms with Crippen LogP contribution in [0.5, 0.6) is 0 Å². The lowest BCUT2D eigenvalue weighted by molar-refractivity contribution is -0.134. The van der Waals surface area contributed by atoms with Gasteiger partial charge in [0.15, 0.2) is 0 Å². The molecule has 0 aliphatic rings. The fraction of sp³-hybridized carbons (Fsp3) is 0.300. The summed E-state index contributed by atoms with van der Waals surface area (Å²) in [6.07, 6.45) is 0. The van der Waals surface area contributed by atoms with Gasteiger partial charge in [-0.05, 0) is 37.1 Å². The lowest BCUT2D eigenvalue weighted by Gasteiger charge is -2.05. The van der Waals surface area contributed by atoms with Gasteiger partial charge in [-0.25, -0.2) is 0 Å². The summed E-state index contributed by atoms with van der Waals surface area (Å²) in [7, 11) is 0. The van der Waals surface area contributed by atoms with Crippen LogP contribution in [0.2, 0.25) is 0 Å². The molecule has 0 fully saturated rings. The van der Waals surface area contributed by atoms with E-state index in [9.17, 15) is 4.79 Å². The third-order valence-electron chi connectivity index (χ3n) is 1.95. The number of benzene rings is 1. The molecule has 0 radical (unpaired) electrons. The zero-order chi connectivity index (χ0) is 9.84. The SMILES string of the molecule is Cc1ccc(NCC(=O)O)cc1C. The fourth-order valence-electron chi connectivity index (χ4n) is 1.03. The molecule has 0 amide bonds. The molecule has 0 saturated carbocycles. The summed E-state index contributed by atoms with van der Waals surface area (Å²) in [4.78, 5) is 10.3. The maximum Gasteiger partial charge on any atom is 0.322 e. The van der Waals surface area contributed by atoms with Crippen LogP contribution >= 0.6 is 0 Å². The van der Waals surface area contributed by atoms with E-state index >= 15 is 0 Å². The van der Waals surface area contributed by atoms with Crippen LogP contribution in [-0.2, 0) is 4.79 Å². The average molecular weight is 179 g/mol. The van der Waals surface area contributed by atoms with E-state index in [1.54, 1.807) is 0 Å². The molecule has 13 heavy (non-hydrogen) atoms. The van der Waals surface area contributed by atoms with Crippen molar-refractivity contribution in [3.05, 3.63) is 29.3 Å². The van der Waals surface area contributed by atoms with Crippen molar-refractivity contribution in [3.8, 4) is 0 Å². The Hall–Kier alpha value is -1.51. The highest BCUT2D eigenvalue weighted by Crippen LogP contribution is 2.13. The molecule has 3 heteroatoms. The first-order valence-corrected chi connectivity index (χ1v) is 4.12.